The molecule has 0 spiro atoms. The van der Waals surface area contributed by atoms with Crippen molar-refractivity contribution in [2.24, 2.45) is 0 Å². The van der Waals surface area contributed by atoms with Gasteiger partial charge in [0, 0.05) is 43.1 Å². The molecule has 2 amide bonds. The van der Waals surface area contributed by atoms with E-state index in [1.165, 1.54) is 6.07 Å². The number of carbonyl (C=O) groups is 4. The van der Waals surface area contributed by atoms with Crippen molar-refractivity contribution in [1.29, 1.82) is 0 Å². The molecule has 0 bridgehead atoms. The minimum absolute atomic E-state index is 0.0495. The van der Waals surface area contributed by atoms with Crippen LogP contribution in [0.25, 0.3) is 0 Å². The van der Waals surface area contributed by atoms with Crippen LogP contribution < -0.4 is 31.9 Å². The molecule has 2 aromatic carbocycles. The molecule has 0 saturated carbocycles. The summed E-state index contributed by atoms with van der Waals surface area (Å²) < 4.78 is 0. The number of rotatable bonds is 10. The summed E-state index contributed by atoms with van der Waals surface area (Å²) in [6.07, 6.45) is 3.57. The van der Waals surface area contributed by atoms with E-state index in [0.29, 0.717) is 37.6 Å². The molecule has 0 radical (unpaired) electrons. The highest BCUT2D eigenvalue weighted by Crippen LogP contribution is 2.39. The Hall–Kier alpha value is -3.96. The zero-order valence-corrected chi connectivity index (χ0v) is 21.7. The highest BCUT2D eigenvalue weighted by atomic mass is 16.3. The van der Waals surface area contributed by atoms with E-state index >= 15 is 0 Å². The zero-order chi connectivity index (χ0) is 27.4. The number of anilines is 2. The fourth-order valence-electron chi connectivity index (χ4n) is 5.43. The summed E-state index contributed by atoms with van der Waals surface area (Å²) in [4.78, 5) is 51.6. The molecule has 2 aliphatic heterocycles. The molecule has 2 aromatic rings. The maximum atomic E-state index is 13.6. The lowest BCUT2D eigenvalue weighted by atomic mass is 9.81. The van der Waals surface area contributed by atoms with E-state index in [4.69, 9.17) is 0 Å². The number of fused-ring (bicyclic) bond motifs is 2. The van der Waals surface area contributed by atoms with Gasteiger partial charge in [-0.25, -0.2) is 0 Å². The highest BCUT2D eigenvalue weighted by Gasteiger charge is 2.36. The van der Waals surface area contributed by atoms with Gasteiger partial charge in [-0.1, -0.05) is 12.1 Å². The molecule has 206 valence electrons. The van der Waals surface area contributed by atoms with Crippen LogP contribution in [0.2, 0.25) is 0 Å². The fraction of sp³-hybridized carbons (Fsp3) is 0.429. The van der Waals surface area contributed by atoms with Crippen LogP contribution in [0.5, 0.6) is 5.75 Å². The lowest BCUT2D eigenvalue weighted by Gasteiger charge is -2.24. The first-order chi connectivity index (χ1) is 19.0. The maximum Gasteiger partial charge on any atom is 0.237 e. The van der Waals surface area contributed by atoms with Gasteiger partial charge in [0.15, 0.2) is 11.6 Å². The first-order valence-corrected chi connectivity index (χ1v) is 13.5. The van der Waals surface area contributed by atoms with E-state index in [2.05, 4.69) is 31.9 Å². The summed E-state index contributed by atoms with van der Waals surface area (Å²) in [6.45, 7) is 3.06. The van der Waals surface area contributed by atoms with Crippen LogP contribution in [0.15, 0.2) is 30.3 Å². The minimum atomic E-state index is -0.455. The molecule has 11 nitrogen and oxygen atoms in total. The average molecular weight is 535 g/mol. The van der Waals surface area contributed by atoms with Crippen molar-refractivity contribution in [2.45, 2.75) is 37.8 Å². The number of phenolic OH excluding ortho intramolecular Hbond substituents is 1. The number of hydrogen-bond donors (Lipinski definition) is 7. The molecule has 2 saturated heterocycles. The summed E-state index contributed by atoms with van der Waals surface area (Å²) in [6, 6.07) is 7.61. The number of hydrogen-bond acceptors (Lipinski definition) is 9. The summed E-state index contributed by atoms with van der Waals surface area (Å²) in [5.41, 5.74) is 1.39. The molecule has 39 heavy (non-hydrogen) atoms. The van der Waals surface area contributed by atoms with Crippen molar-refractivity contribution >= 4 is 34.8 Å². The molecule has 2 fully saturated rings. The summed E-state index contributed by atoms with van der Waals surface area (Å²) in [5.74, 6) is -1.21. The van der Waals surface area contributed by atoms with Crippen LogP contribution in [0, 0.1) is 0 Å². The number of carbonyl (C=O) groups excluding carboxylic acids is 4. The van der Waals surface area contributed by atoms with Crippen molar-refractivity contribution in [2.75, 3.05) is 49.9 Å². The van der Waals surface area contributed by atoms with E-state index in [9.17, 15) is 24.3 Å². The van der Waals surface area contributed by atoms with Gasteiger partial charge in [0.25, 0.3) is 0 Å². The highest BCUT2D eigenvalue weighted by molar-refractivity contribution is 6.32. The smallest absolute Gasteiger partial charge is 0.237 e. The molecule has 1 aliphatic carbocycles. The van der Waals surface area contributed by atoms with Gasteiger partial charge in [-0.05, 0) is 57.0 Å². The molecule has 11 heteroatoms. The van der Waals surface area contributed by atoms with Crippen molar-refractivity contribution < 1.29 is 24.3 Å². The SMILES string of the molecule is O=C1c2c(NCCNC(=O)C3CCCN3)cccc2C(=O)c2c(NCCNC(=O)C3CCCN3)ccc(O)c21. The normalized spacial score (nSPS) is 19.8. The van der Waals surface area contributed by atoms with E-state index in [1.54, 1.807) is 24.3 Å². The van der Waals surface area contributed by atoms with Crippen molar-refractivity contribution in [1.82, 2.24) is 21.3 Å². The average Bonchev–Trinajstić information content (AvgIpc) is 3.67. The van der Waals surface area contributed by atoms with Crippen LogP contribution in [-0.4, -0.2) is 79.8 Å². The number of aromatic hydroxyl groups is 1. The Morgan fingerprint density at radius 3 is 1.90 bits per heavy atom. The minimum Gasteiger partial charge on any atom is -0.507 e. The second kappa shape index (κ2) is 11.8. The van der Waals surface area contributed by atoms with Crippen LogP contribution >= 0.6 is 0 Å². The third-order valence-corrected chi connectivity index (χ3v) is 7.41. The Bertz CT molecular complexity index is 1280. The number of phenols is 1. The number of benzene rings is 2. The van der Waals surface area contributed by atoms with Gasteiger partial charge in [-0.2, -0.15) is 0 Å². The first-order valence-electron chi connectivity index (χ1n) is 13.5. The largest absolute Gasteiger partial charge is 0.507 e. The van der Waals surface area contributed by atoms with Crippen LogP contribution in [-0.2, 0) is 9.59 Å². The lowest BCUT2D eigenvalue weighted by molar-refractivity contribution is -0.123. The third kappa shape index (κ3) is 5.59. The third-order valence-electron chi connectivity index (χ3n) is 7.41. The van der Waals surface area contributed by atoms with Crippen molar-refractivity contribution in [3.05, 3.63) is 52.6 Å². The Kier molecular flexibility index (Phi) is 8.08. The molecular weight excluding hydrogens is 500 g/mol. The molecule has 2 unspecified atom stereocenters. The second-order valence-electron chi connectivity index (χ2n) is 10.0. The van der Waals surface area contributed by atoms with Crippen molar-refractivity contribution in [3.63, 3.8) is 0 Å². The van der Waals surface area contributed by atoms with Gasteiger partial charge < -0.3 is 37.0 Å². The standard InChI is InChI=1S/C28H34N6O5/c35-21-9-8-18(32-13-15-34-28(39)20-7-3-11-30-20)23-24(21)26(37)22-16(25(23)36)4-1-5-17(22)31-12-14-33-27(38)19-6-2-10-29-19/h1,4-5,8-9,19-20,29-32,35H,2-3,6-7,10-15H2,(H,33,38)(H,34,39). The Morgan fingerprint density at radius 2 is 1.33 bits per heavy atom. The predicted molar refractivity (Wildman–Crippen MR) is 146 cm³/mol. The monoisotopic (exact) mass is 534 g/mol. The molecule has 7 N–H and O–H groups in total. The quantitative estimate of drug-likeness (QED) is 0.147. The number of nitrogens with one attached hydrogen (secondary N) is 6. The van der Waals surface area contributed by atoms with E-state index in [0.717, 1.165) is 38.8 Å². The van der Waals surface area contributed by atoms with Gasteiger partial charge in [0.2, 0.25) is 11.8 Å². The van der Waals surface area contributed by atoms with E-state index in [-0.39, 0.29) is 57.7 Å². The number of amides is 2. The van der Waals surface area contributed by atoms with E-state index < -0.39 is 5.78 Å². The molecule has 2 heterocycles. The van der Waals surface area contributed by atoms with Gasteiger partial charge in [-0.3, -0.25) is 19.2 Å². The summed E-state index contributed by atoms with van der Waals surface area (Å²) in [5, 5.41) is 28.9. The van der Waals surface area contributed by atoms with E-state index in [1.807, 2.05) is 0 Å². The molecule has 5 rings (SSSR count). The predicted octanol–water partition coefficient (Wildman–Crippen LogP) is 0.728. The lowest BCUT2D eigenvalue weighted by Crippen LogP contribution is -2.42. The summed E-state index contributed by atoms with van der Waals surface area (Å²) >= 11 is 0. The van der Waals surface area contributed by atoms with Crippen molar-refractivity contribution in [3.8, 4) is 5.75 Å². The van der Waals surface area contributed by atoms with Gasteiger partial charge in [0.1, 0.15) is 5.75 Å². The molecule has 0 aromatic heterocycles. The summed E-state index contributed by atoms with van der Waals surface area (Å²) in [7, 11) is 0. The van der Waals surface area contributed by atoms with Gasteiger partial charge in [0.05, 0.1) is 28.8 Å². The van der Waals surface area contributed by atoms with Crippen LogP contribution in [0.1, 0.15) is 57.5 Å². The topological polar surface area (TPSA) is 161 Å². The Labute approximate surface area is 226 Å². The number of ketones is 2. The van der Waals surface area contributed by atoms with Gasteiger partial charge >= 0.3 is 0 Å². The van der Waals surface area contributed by atoms with Crippen LogP contribution in [0.4, 0.5) is 11.4 Å². The second-order valence-corrected chi connectivity index (χ2v) is 10.0. The molecule has 3 aliphatic rings. The molecule has 2 atom stereocenters. The van der Waals surface area contributed by atoms with Gasteiger partial charge in [-0.15, -0.1) is 0 Å². The Morgan fingerprint density at radius 1 is 0.744 bits per heavy atom. The molecular formula is C28H34N6O5. The maximum absolute atomic E-state index is 13.6. The van der Waals surface area contributed by atoms with Crippen LogP contribution in [0.3, 0.4) is 0 Å². The first kappa shape index (κ1) is 26.6. The Balaban J connectivity index is 1.26. The fourth-order valence-corrected chi connectivity index (χ4v) is 5.43. The zero-order valence-electron chi connectivity index (χ0n) is 21.7.